The van der Waals surface area contributed by atoms with Crippen molar-refractivity contribution in [3.8, 4) is 5.75 Å². The van der Waals surface area contributed by atoms with Crippen molar-refractivity contribution in [2.75, 3.05) is 18.2 Å². The largest absolute Gasteiger partial charge is 0.497 e. The molecule has 1 atom stereocenters. The summed E-state index contributed by atoms with van der Waals surface area (Å²) in [6.07, 6.45) is 0. The predicted octanol–water partition coefficient (Wildman–Crippen LogP) is 4.82. The number of thioether (sulfide) groups is 1. The van der Waals surface area contributed by atoms with Crippen LogP contribution in [0.5, 0.6) is 5.75 Å². The zero-order chi connectivity index (χ0) is 24.7. The first-order valence-electron chi connectivity index (χ1n) is 10.9. The van der Waals surface area contributed by atoms with Gasteiger partial charge in [0.05, 0.1) is 18.9 Å². The fourth-order valence-corrected chi connectivity index (χ4v) is 4.32. The normalized spacial score (nSPS) is 11.8. The van der Waals surface area contributed by atoms with Crippen molar-refractivity contribution in [1.29, 1.82) is 0 Å². The Bertz CT molecular complexity index is 1130. The molecular formula is C24H28ClN5O3S. The van der Waals surface area contributed by atoms with Gasteiger partial charge in [-0.05, 0) is 55.3 Å². The molecule has 0 fully saturated rings. The molecular weight excluding hydrogens is 474 g/mol. The number of nitrogens with zero attached hydrogens (tertiary/aromatic N) is 3. The van der Waals surface area contributed by atoms with Gasteiger partial charge in [0.15, 0.2) is 11.0 Å². The first-order valence-corrected chi connectivity index (χ1v) is 12.2. The van der Waals surface area contributed by atoms with Gasteiger partial charge >= 0.3 is 0 Å². The van der Waals surface area contributed by atoms with Crippen molar-refractivity contribution in [1.82, 2.24) is 20.1 Å². The van der Waals surface area contributed by atoms with Gasteiger partial charge in [0.2, 0.25) is 5.91 Å². The number of carbonyl (C=O) groups is 2. The number of aromatic nitrogens is 3. The standard InChI is InChI=1S/C24H28ClN5O3S/c1-5-30-22(21(15(2)3)27-23(32)16-9-11-19(33-4)12-10-16)28-29-24(30)34-14-20(31)26-18-8-6-7-17(25)13-18/h6-13,15,21H,5,14H2,1-4H3,(H,26,31)(H,27,32)/t21-/m0/s1. The zero-order valence-corrected chi connectivity index (χ0v) is 21.1. The minimum absolute atomic E-state index is 0.0701. The first-order chi connectivity index (χ1) is 16.3. The molecule has 0 saturated carbocycles. The number of halogens is 1. The van der Waals surface area contributed by atoms with Crippen LogP contribution < -0.4 is 15.4 Å². The number of anilines is 1. The van der Waals surface area contributed by atoms with E-state index in [-0.39, 0.29) is 29.5 Å². The molecule has 0 saturated heterocycles. The van der Waals surface area contributed by atoms with E-state index in [1.165, 1.54) is 11.8 Å². The summed E-state index contributed by atoms with van der Waals surface area (Å²) >= 11 is 7.26. The van der Waals surface area contributed by atoms with E-state index in [4.69, 9.17) is 16.3 Å². The van der Waals surface area contributed by atoms with Crippen LogP contribution in [0.1, 0.15) is 43.0 Å². The van der Waals surface area contributed by atoms with Crippen LogP contribution in [0.15, 0.2) is 53.7 Å². The number of carbonyl (C=O) groups excluding carboxylic acids is 2. The fourth-order valence-electron chi connectivity index (χ4n) is 3.32. The Kier molecular flexibility index (Phi) is 8.95. The van der Waals surface area contributed by atoms with Gasteiger partial charge in [0, 0.05) is 22.8 Å². The molecule has 1 aromatic heterocycles. The highest BCUT2D eigenvalue weighted by Crippen LogP contribution is 2.26. The highest BCUT2D eigenvalue weighted by Gasteiger charge is 2.26. The zero-order valence-electron chi connectivity index (χ0n) is 19.5. The van der Waals surface area contributed by atoms with Crippen molar-refractivity contribution in [2.24, 2.45) is 5.92 Å². The van der Waals surface area contributed by atoms with Crippen molar-refractivity contribution in [2.45, 2.75) is 38.5 Å². The summed E-state index contributed by atoms with van der Waals surface area (Å²) in [5.74, 6) is 1.19. The molecule has 1 heterocycles. The van der Waals surface area contributed by atoms with Gasteiger partial charge in [0.25, 0.3) is 5.91 Å². The molecule has 180 valence electrons. The van der Waals surface area contributed by atoms with Crippen LogP contribution >= 0.6 is 23.4 Å². The second kappa shape index (κ2) is 11.9. The first kappa shape index (κ1) is 25.6. The van der Waals surface area contributed by atoms with Crippen molar-refractivity contribution >= 4 is 40.9 Å². The minimum Gasteiger partial charge on any atom is -0.497 e. The molecule has 0 unspecified atom stereocenters. The van der Waals surface area contributed by atoms with E-state index < -0.39 is 0 Å². The molecule has 0 spiro atoms. The van der Waals surface area contributed by atoms with Crippen LogP contribution in [0, 0.1) is 5.92 Å². The lowest BCUT2D eigenvalue weighted by atomic mass is 10.0. The van der Waals surface area contributed by atoms with E-state index in [9.17, 15) is 9.59 Å². The number of hydrogen-bond acceptors (Lipinski definition) is 6. The molecule has 2 amide bonds. The summed E-state index contributed by atoms with van der Waals surface area (Å²) in [6, 6.07) is 13.6. The molecule has 8 nitrogen and oxygen atoms in total. The van der Waals surface area contributed by atoms with Crippen LogP contribution in [0.4, 0.5) is 5.69 Å². The summed E-state index contributed by atoms with van der Waals surface area (Å²) < 4.78 is 7.09. The number of benzene rings is 2. The smallest absolute Gasteiger partial charge is 0.251 e. The van der Waals surface area contributed by atoms with Crippen LogP contribution in [-0.2, 0) is 11.3 Å². The molecule has 0 radical (unpaired) electrons. The molecule has 0 bridgehead atoms. The monoisotopic (exact) mass is 501 g/mol. The fraction of sp³-hybridized carbons (Fsp3) is 0.333. The third-order valence-corrected chi connectivity index (χ3v) is 6.29. The number of ether oxygens (including phenoxy) is 1. The van der Waals surface area contributed by atoms with E-state index in [0.717, 1.165) is 0 Å². The van der Waals surface area contributed by atoms with Gasteiger partial charge in [-0.2, -0.15) is 0 Å². The van der Waals surface area contributed by atoms with Crippen LogP contribution in [0.2, 0.25) is 5.02 Å². The SMILES string of the molecule is CCn1c(SCC(=O)Nc2cccc(Cl)c2)nnc1[C@@H](NC(=O)c1ccc(OC)cc1)C(C)C. The van der Waals surface area contributed by atoms with E-state index in [0.29, 0.717) is 39.5 Å². The molecule has 0 aliphatic heterocycles. The minimum atomic E-state index is -0.350. The number of rotatable bonds is 10. The summed E-state index contributed by atoms with van der Waals surface area (Å²) in [6.45, 7) is 6.60. The third-order valence-electron chi connectivity index (χ3n) is 5.09. The maximum absolute atomic E-state index is 12.9. The Balaban J connectivity index is 1.70. The van der Waals surface area contributed by atoms with Gasteiger partial charge in [0.1, 0.15) is 5.75 Å². The van der Waals surface area contributed by atoms with Gasteiger partial charge < -0.3 is 19.9 Å². The van der Waals surface area contributed by atoms with E-state index in [2.05, 4.69) is 20.8 Å². The second-order valence-electron chi connectivity index (χ2n) is 7.86. The molecule has 3 aromatic rings. The highest BCUT2D eigenvalue weighted by atomic mass is 35.5. The van der Waals surface area contributed by atoms with E-state index in [1.807, 2.05) is 25.3 Å². The Labute approximate surface area is 208 Å². The highest BCUT2D eigenvalue weighted by molar-refractivity contribution is 7.99. The summed E-state index contributed by atoms with van der Waals surface area (Å²) in [5, 5.41) is 15.7. The van der Waals surface area contributed by atoms with Crippen molar-refractivity contribution in [3.05, 3.63) is 64.9 Å². The number of methoxy groups -OCH3 is 1. The quantitative estimate of drug-likeness (QED) is 0.386. The lowest BCUT2D eigenvalue weighted by molar-refractivity contribution is -0.113. The molecule has 2 N–H and O–H groups in total. The Morgan fingerprint density at radius 2 is 1.88 bits per heavy atom. The molecule has 3 rings (SSSR count). The lowest BCUT2D eigenvalue weighted by Gasteiger charge is -2.22. The summed E-state index contributed by atoms with van der Waals surface area (Å²) in [4.78, 5) is 25.3. The molecule has 10 heteroatoms. The van der Waals surface area contributed by atoms with Gasteiger partial charge in [-0.1, -0.05) is 43.3 Å². The summed E-state index contributed by atoms with van der Waals surface area (Å²) in [7, 11) is 1.58. The van der Waals surface area contributed by atoms with Crippen LogP contribution in [0.25, 0.3) is 0 Å². The Morgan fingerprint density at radius 3 is 2.50 bits per heavy atom. The molecule has 34 heavy (non-hydrogen) atoms. The summed E-state index contributed by atoms with van der Waals surface area (Å²) in [5.41, 5.74) is 1.16. The topological polar surface area (TPSA) is 98.1 Å². The van der Waals surface area contributed by atoms with Crippen molar-refractivity contribution < 1.29 is 14.3 Å². The predicted molar refractivity (Wildman–Crippen MR) is 135 cm³/mol. The average molecular weight is 502 g/mol. The average Bonchev–Trinajstić information content (AvgIpc) is 3.23. The van der Waals surface area contributed by atoms with E-state index >= 15 is 0 Å². The van der Waals surface area contributed by atoms with Gasteiger partial charge in [-0.15, -0.1) is 10.2 Å². The van der Waals surface area contributed by atoms with Crippen molar-refractivity contribution in [3.63, 3.8) is 0 Å². The molecule has 0 aliphatic carbocycles. The third kappa shape index (κ3) is 6.51. The Morgan fingerprint density at radius 1 is 1.15 bits per heavy atom. The maximum atomic E-state index is 12.9. The van der Waals surface area contributed by atoms with Crippen LogP contribution in [0.3, 0.4) is 0 Å². The van der Waals surface area contributed by atoms with E-state index in [1.54, 1.807) is 55.6 Å². The second-order valence-corrected chi connectivity index (χ2v) is 9.23. The number of amides is 2. The number of hydrogen-bond donors (Lipinski definition) is 2. The number of nitrogens with one attached hydrogen (secondary N) is 2. The molecule has 0 aliphatic rings. The van der Waals surface area contributed by atoms with Gasteiger partial charge in [-0.3, -0.25) is 9.59 Å². The van der Waals surface area contributed by atoms with Gasteiger partial charge in [-0.25, -0.2) is 0 Å². The Hall–Kier alpha value is -3.04. The molecule has 2 aromatic carbocycles. The maximum Gasteiger partial charge on any atom is 0.251 e. The lowest BCUT2D eigenvalue weighted by Crippen LogP contribution is -2.33. The van der Waals surface area contributed by atoms with Crippen LogP contribution in [-0.4, -0.2) is 39.4 Å².